The van der Waals surface area contributed by atoms with Gasteiger partial charge < -0.3 is 5.32 Å². The number of amidine groups is 2. The fourth-order valence-electron chi connectivity index (χ4n) is 5.17. The molecule has 0 bridgehead atoms. The fraction of sp³-hybridized carbons (Fsp3) is 0.0303. The molecule has 7 rings (SSSR count). The molecule has 6 aromatic carbocycles. The second kappa shape index (κ2) is 8.47. The molecule has 0 aromatic heterocycles. The van der Waals surface area contributed by atoms with E-state index in [0.717, 1.165) is 28.4 Å². The van der Waals surface area contributed by atoms with Gasteiger partial charge >= 0.3 is 0 Å². The lowest BCUT2D eigenvalue weighted by molar-refractivity contribution is 0.674. The van der Waals surface area contributed by atoms with Crippen LogP contribution in [0.3, 0.4) is 0 Å². The van der Waals surface area contributed by atoms with Gasteiger partial charge in [-0.2, -0.15) is 0 Å². The maximum atomic E-state index is 5.07. The molecule has 1 N–H and O–H groups in total. The standard InChI is InChI=1S/C33H23N3/c1-3-11-22(12-4-1)31-34-32(23-13-5-2-6-14-23)36-33(35-31)24-19-20-29-27-17-8-7-15-25(27)26-16-9-10-18-28(26)30(29)21-24/h1-21,31H,(H,34,35,36). The monoisotopic (exact) mass is 461 g/mol. The highest BCUT2D eigenvalue weighted by atomic mass is 15.2. The van der Waals surface area contributed by atoms with Gasteiger partial charge in [0, 0.05) is 11.1 Å². The molecule has 0 saturated heterocycles. The molecule has 1 aliphatic heterocycles. The molecule has 3 nitrogen and oxygen atoms in total. The first kappa shape index (κ1) is 20.6. The number of nitrogens with one attached hydrogen (secondary N) is 1. The zero-order chi connectivity index (χ0) is 23.9. The van der Waals surface area contributed by atoms with Crippen molar-refractivity contribution in [2.45, 2.75) is 6.17 Å². The Morgan fingerprint density at radius 3 is 1.64 bits per heavy atom. The molecular formula is C33H23N3. The van der Waals surface area contributed by atoms with Crippen LogP contribution in [0.15, 0.2) is 137 Å². The summed E-state index contributed by atoms with van der Waals surface area (Å²) in [4.78, 5) is 10.1. The number of hydrogen-bond donors (Lipinski definition) is 1. The van der Waals surface area contributed by atoms with Crippen molar-refractivity contribution in [2.75, 3.05) is 0 Å². The van der Waals surface area contributed by atoms with Crippen LogP contribution >= 0.6 is 0 Å². The molecule has 0 radical (unpaired) electrons. The molecule has 3 heteroatoms. The van der Waals surface area contributed by atoms with Gasteiger partial charge in [-0.3, -0.25) is 0 Å². The molecule has 6 aromatic rings. The number of fused-ring (bicyclic) bond motifs is 6. The molecule has 1 unspecified atom stereocenters. The van der Waals surface area contributed by atoms with Crippen LogP contribution in [0, 0.1) is 0 Å². The Hall–Kier alpha value is -4.76. The maximum absolute atomic E-state index is 5.07. The molecule has 0 saturated carbocycles. The van der Waals surface area contributed by atoms with Gasteiger partial charge in [-0.05, 0) is 43.9 Å². The van der Waals surface area contributed by atoms with Gasteiger partial charge in [-0.25, -0.2) is 9.98 Å². The van der Waals surface area contributed by atoms with Gasteiger partial charge in [0.05, 0.1) is 0 Å². The van der Waals surface area contributed by atoms with E-state index in [1.807, 2.05) is 36.4 Å². The molecule has 170 valence electrons. The Bertz CT molecular complexity index is 1770. The van der Waals surface area contributed by atoms with Crippen LogP contribution in [0.25, 0.3) is 32.3 Å². The Kier molecular flexibility index (Phi) is 4.85. The first-order valence-corrected chi connectivity index (χ1v) is 12.2. The van der Waals surface area contributed by atoms with Crippen molar-refractivity contribution in [3.8, 4) is 0 Å². The van der Waals surface area contributed by atoms with Crippen LogP contribution < -0.4 is 5.32 Å². The molecular weight excluding hydrogens is 438 g/mol. The number of aliphatic imine (C=N–C) groups is 2. The van der Waals surface area contributed by atoms with E-state index in [1.54, 1.807) is 0 Å². The summed E-state index contributed by atoms with van der Waals surface area (Å²) in [6, 6.07) is 44.5. The predicted molar refractivity (Wildman–Crippen MR) is 151 cm³/mol. The molecule has 1 atom stereocenters. The van der Waals surface area contributed by atoms with Gasteiger partial charge in [0.15, 0.2) is 5.84 Å². The lowest BCUT2D eigenvalue weighted by Gasteiger charge is -2.23. The van der Waals surface area contributed by atoms with Crippen LogP contribution in [-0.4, -0.2) is 11.7 Å². The van der Waals surface area contributed by atoms with Crippen LogP contribution in [0.5, 0.6) is 0 Å². The highest BCUT2D eigenvalue weighted by Crippen LogP contribution is 2.35. The van der Waals surface area contributed by atoms with Crippen molar-refractivity contribution in [3.63, 3.8) is 0 Å². The average Bonchev–Trinajstić information content (AvgIpc) is 2.98. The van der Waals surface area contributed by atoms with E-state index in [1.165, 1.54) is 32.3 Å². The summed E-state index contributed by atoms with van der Waals surface area (Å²) in [7, 11) is 0. The van der Waals surface area contributed by atoms with Crippen LogP contribution in [0.1, 0.15) is 22.9 Å². The molecule has 36 heavy (non-hydrogen) atoms. The maximum Gasteiger partial charge on any atom is 0.159 e. The van der Waals surface area contributed by atoms with E-state index in [-0.39, 0.29) is 6.17 Å². The SMILES string of the molecule is c1ccc(C2=NC(c3ccc4c5ccccc5c5ccccc5c4c3)=NC(c3ccccc3)N2)cc1. The lowest BCUT2D eigenvalue weighted by Crippen LogP contribution is -2.33. The van der Waals surface area contributed by atoms with Crippen LogP contribution in [0.4, 0.5) is 0 Å². The zero-order valence-corrected chi connectivity index (χ0v) is 19.6. The Morgan fingerprint density at radius 2 is 1.00 bits per heavy atom. The number of benzene rings is 6. The molecule has 0 fully saturated rings. The second-order valence-corrected chi connectivity index (χ2v) is 9.09. The molecule has 0 spiro atoms. The Morgan fingerprint density at radius 1 is 0.472 bits per heavy atom. The fourth-order valence-corrected chi connectivity index (χ4v) is 5.17. The van der Waals surface area contributed by atoms with Crippen molar-refractivity contribution in [2.24, 2.45) is 9.98 Å². The Labute approximate surface area is 209 Å². The van der Waals surface area contributed by atoms with Crippen LogP contribution in [-0.2, 0) is 0 Å². The first-order chi connectivity index (χ1) is 17.8. The highest BCUT2D eigenvalue weighted by Gasteiger charge is 2.21. The van der Waals surface area contributed by atoms with E-state index in [9.17, 15) is 0 Å². The predicted octanol–water partition coefficient (Wildman–Crippen LogP) is 7.64. The van der Waals surface area contributed by atoms with Crippen molar-refractivity contribution < 1.29 is 0 Å². The van der Waals surface area contributed by atoms with Gasteiger partial charge in [-0.15, -0.1) is 0 Å². The zero-order valence-electron chi connectivity index (χ0n) is 19.6. The van der Waals surface area contributed by atoms with Gasteiger partial charge in [0.2, 0.25) is 0 Å². The minimum Gasteiger partial charge on any atom is -0.344 e. The minimum absolute atomic E-state index is 0.210. The first-order valence-electron chi connectivity index (χ1n) is 12.2. The Balaban J connectivity index is 1.45. The summed E-state index contributed by atoms with van der Waals surface area (Å²) in [5.74, 6) is 1.57. The van der Waals surface area contributed by atoms with Crippen molar-refractivity contribution in [1.29, 1.82) is 0 Å². The van der Waals surface area contributed by atoms with E-state index < -0.39 is 0 Å². The normalized spacial score (nSPS) is 15.5. The van der Waals surface area contributed by atoms with Gasteiger partial charge in [-0.1, -0.05) is 121 Å². The van der Waals surface area contributed by atoms with E-state index in [0.29, 0.717) is 0 Å². The van der Waals surface area contributed by atoms with E-state index in [2.05, 4.69) is 96.3 Å². The van der Waals surface area contributed by atoms with Crippen LogP contribution in [0.2, 0.25) is 0 Å². The summed E-state index contributed by atoms with van der Waals surface area (Å²) in [5.41, 5.74) is 3.16. The topological polar surface area (TPSA) is 36.8 Å². The van der Waals surface area contributed by atoms with Gasteiger partial charge in [0.25, 0.3) is 0 Å². The van der Waals surface area contributed by atoms with Crippen molar-refractivity contribution >= 4 is 44.0 Å². The van der Waals surface area contributed by atoms with Gasteiger partial charge in [0.1, 0.15) is 12.0 Å². The van der Waals surface area contributed by atoms with E-state index in [4.69, 9.17) is 9.98 Å². The highest BCUT2D eigenvalue weighted by molar-refractivity contribution is 6.26. The lowest BCUT2D eigenvalue weighted by atomic mass is 9.93. The molecule has 0 aliphatic carbocycles. The summed E-state index contributed by atoms with van der Waals surface area (Å²) in [6.45, 7) is 0. The largest absolute Gasteiger partial charge is 0.344 e. The number of rotatable bonds is 3. The van der Waals surface area contributed by atoms with Crippen molar-refractivity contribution in [3.05, 3.63) is 144 Å². The minimum atomic E-state index is -0.210. The summed E-state index contributed by atoms with van der Waals surface area (Å²) in [6.07, 6.45) is -0.210. The van der Waals surface area contributed by atoms with E-state index >= 15 is 0 Å². The summed E-state index contributed by atoms with van der Waals surface area (Å²) >= 11 is 0. The quantitative estimate of drug-likeness (QED) is 0.270. The third kappa shape index (κ3) is 3.45. The third-order valence-corrected chi connectivity index (χ3v) is 6.91. The second-order valence-electron chi connectivity index (χ2n) is 9.09. The number of hydrogen-bond acceptors (Lipinski definition) is 3. The smallest absolute Gasteiger partial charge is 0.159 e. The third-order valence-electron chi connectivity index (χ3n) is 6.91. The molecule has 1 aliphatic rings. The average molecular weight is 462 g/mol. The molecule has 1 heterocycles. The summed E-state index contributed by atoms with van der Waals surface area (Å²) in [5, 5.41) is 11.1. The number of nitrogens with zero attached hydrogens (tertiary/aromatic N) is 2. The molecule has 0 amide bonds. The summed E-state index contributed by atoms with van der Waals surface area (Å²) < 4.78 is 0. The van der Waals surface area contributed by atoms with Crippen molar-refractivity contribution in [1.82, 2.24) is 5.32 Å².